The van der Waals surface area contributed by atoms with Gasteiger partial charge >= 0.3 is 0 Å². The van der Waals surface area contributed by atoms with Gasteiger partial charge in [0, 0.05) is 11.9 Å². The van der Waals surface area contributed by atoms with Crippen LogP contribution in [0.5, 0.6) is 0 Å². The maximum absolute atomic E-state index is 11.6. The van der Waals surface area contributed by atoms with Crippen LogP contribution in [0.25, 0.3) is 0 Å². The Morgan fingerprint density at radius 1 is 1.61 bits per heavy atom. The second-order valence-corrected chi connectivity index (χ2v) is 5.54. The molecule has 0 saturated heterocycles. The first-order chi connectivity index (χ1) is 8.49. The average molecular weight is 270 g/mol. The summed E-state index contributed by atoms with van der Waals surface area (Å²) >= 11 is 1.51. The molecule has 0 aromatic carbocycles. The van der Waals surface area contributed by atoms with Gasteiger partial charge in [0.2, 0.25) is 5.91 Å². The van der Waals surface area contributed by atoms with Crippen LogP contribution in [-0.2, 0) is 11.2 Å². The molecule has 1 aromatic heterocycles. The lowest BCUT2D eigenvalue weighted by molar-refractivity contribution is -0.120. The van der Waals surface area contributed by atoms with Crippen molar-refractivity contribution in [2.24, 2.45) is 5.73 Å². The number of carbonyl (C=O) groups excluding carboxylic acids is 1. The van der Waals surface area contributed by atoms with E-state index in [0.29, 0.717) is 13.0 Å². The van der Waals surface area contributed by atoms with E-state index in [1.165, 1.54) is 11.3 Å². The van der Waals surface area contributed by atoms with Crippen molar-refractivity contribution in [2.45, 2.75) is 25.8 Å². The van der Waals surface area contributed by atoms with Crippen molar-refractivity contribution in [3.05, 3.63) is 16.1 Å². The number of hydrogen-bond acceptors (Lipinski definition) is 5. The lowest BCUT2D eigenvalue weighted by Gasteiger charge is -2.09. The molecule has 0 aliphatic rings. The molecular formula is C12H22N4OS. The fourth-order valence-electron chi connectivity index (χ4n) is 1.46. The van der Waals surface area contributed by atoms with Crippen LogP contribution < -0.4 is 11.1 Å². The zero-order valence-corrected chi connectivity index (χ0v) is 12.1. The molecule has 0 bridgehead atoms. The summed E-state index contributed by atoms with van der Waals surface area (Å²) in [7, 11) is 4.04. The zero-order chi connectivity index (χ0) is 13.5. The number of nitrogens with one attached hydrogen (secondary N) is 1. The highest BCUT2D eigenvalue weighted by Gasteiger charge is 2.09. The lowest BCUT2D eigenvalue weighted by atomic mass is 10.3. The minimum absolute atomic E-state index is 0.0234. The SMILES string of the molecule is CC(N)c1nc(CC(=O)NCCCN(C)C)cs1. The average Bonchev–Trinajstić information content (AvgIpc) is 2.72. The molecule has 3 N–H and O–H groups in total. The highest BCUT2D eigenvalue weighted by molar-refractivity contribution is 7.09. The second kappa shape index (κ2) is 7.45. The van der Waals surface area contributed by atoms with Gasteiger partial charge in [0.05, 0.1) is 18.2 Å². The Labute approximate surface area is 112 Å². The molecule has 1 rings (SSSR count). The molecule has 6 heteroatoms. The molecule has 0 aliphatic carbocycles. The molecule has 1 atom stereocenters. The molecule has 0 radical (unpaired) electrons. The predicted molar refractivity (Wildman–Crippen MR) is 74.6 cm³/mol. The van der Waals surface area contributed by atoms with E-state index in [2.05, 4.69) is 15.2 Å². The molecule has 102 valence electrons. The largest absolute Gasteiger partial charge is 0.356 e. The van der Waals surface area contributed by atoms with Crippen LogP contribution in [-0.4, -0.2) is 43.0 Å². The molecule has 1 aromatic rings. The molecule has 1 unspecified atom stereocenters. The van der Waals surface area contributed by atoms with E-state index < -0.39 is 0 Å². The standard InChI is InChI=1S/C12H22N4OS/c1-9(13)12-15-10(8-18-12)7-11(17)14-5-4-6-16(2)3/h8-9H,4-7,13H2,1-3H3,(H,14,17). The molecule has 0 saturated carbocycles. The van der Waals surface area contributed by atoms with E-state index in [1.54, 1.807) is 0 Å². The first-order valence-corrected chi connectivity index (χ1v) is 6.98. The van der Waals surface area contributed by atoms with Crippen LogP contribution in [0.1, 0.15) is 30.1 Å². The summed E-state index contributed by atoms with van der Waals surface area (Å²) in [6.45, 7) is 3.58. The summed E-state index contributed by atoms with van der Waals surface area (Å²) in [6, 6.07) is -0.0631. The molecule has 18 heavy (non-hydrogen) atoms. The highest BCUT2D eigenvalue weighted by atomic mass is 32.1. The Morgan fingerprint density at radius 3 is 2.89 bits per heavy atom. The van der Waals surface area contributed by atoms with Crippen molar-refractivity contribution in [1.29, 1.82) is 0 Å². The van der Waals surface area contributed by atoms with E-state index in [0.717, 1.165) is 23.7 Å². The van der Waals surface area contributed by atoms with Gasteiger partial charge in [-0.25, -0.2) is 4.98 Å². The van der Waals surface area contributed by atoms with Gasteiger partial charge in [-0.15, -0.1) is 11.3 Å². The first-order valence-electron chi connectivity index (χ1n) is 6.10. The van der Waals surface area contributed by atoms with E-state index in [1.807, 2.05) is 26.4 Å². The maximum Gasteiger partial charge on any atom is 0.226 e. The van der Waals surface area contributed by atoms with E-state index in [4.69, 9.17) is 5.73 Å². The number of thiazole rings is 1. The Bertz CT molecular complexity index is 376. The van der Waals surface area contributed by atoms with Crippen LogP contribution in [0.3, 0.4) is 0 Å². The predicted octanol–water partition coefficient (Wildman–Crippen LogP) is 0.773. The zero-order valence-electron chi connectivity index (χ0n) is 11.3. The summed E-state index contributed by atoms with van der Waals surface area (Å²) in [5, 5.41) is 5.67. The van der Waals surface area contributed by atoms with Crippen molar-refractivity contribution in [3.63, 3.8) is 0 Å². The van der Waals surface area contributed by atoms with E-state index >= 15 is 0 Å². The van der Waals surface area contributed by atoms with Gasteiger partial charge in [0.15, 0.2) is 0 Å². The first kappa shape index (κ1) is 15.1. The molecular weight excluding hydrogens is 248 g/mol. The van der Waals surface area contributed by atoms with Gasteiger partial charge in [-0.2, -0.15) is 0 Å². The Balaban J connectivity index is 2.26. The van der Waals surface area contributed by atoms with Crippen LogP contribution in [0.2, 0.25) is 0 Å². The second-order valence-electron chi connectivity index (χ2n) is 4.65. The minimum atomic E-state index is -0.0631. The van der Waals surface area contributed by atoms with Crippen LogP contribution in [0.15, 0.2) is 5.38 Å². The van der Waals surface area contributed by atoms with E-state index in [-0.39, 0.29) is 11.9 Å². The Kier molecular flexibility index (Phi) is 6.24. The summed E-state index contributed by atoms with van der Waals surface area (Å²) < 4.78 is 0. The quantitative estimate of drug-likeness (QED) is 0.718. The minimum Gasteiger partial charge on any atom is -0.356 e. The maximum atomic E-state index is 11.6. The Morgan fingerprint density at radius 2 is 2.33 bits per heavy atom. The van der Waals surface area contributed by atoms with Gasteiger partial charge in [0.1, 0.15) is 5.01 Å². The summed E-state index contributed by atoms with van der Waals surface area (Å²) in [5.74, 6) is 0.0234. The molecule has 1 heterocycles. The molecule has 1 amide bonds. The highest BCUT2D eigenvalue weighted by Crippen LogP contribution is 2.15. The van der Waals surface area contributed by atoms with Gasteiger partial charge in [-0.1, -0.05) is 0 Å². The topological polar surface area (TPSA) is 71.2 Å². The smallest absolute Gasteiger partial charge is 0.226 e. The number of carbonyl (C=O) groups is 1. The van der Waals surface area contributed by atoms with Crippen molar-refractivity contribution < 1.29 is 4.79 Å². The van der Waals surface area contributed by atoms with Gasteiger partial charge in [0.25, 0.3) is 0 Å². The third-order valence-corrected chi connectivity index (χ3v) is 3.50. The number of aromatic nitrogens is 1. The fraction of sp³-hybridized carbons (Fsp3) is 0.667. The van der Waals surface area contributed by atoms with Crippen molar-refractivity contribution in [3.8, 4) is 0 Å². The summed E-state index contributed by atoms with van der Waals surface area (Å²) in [5.41, 5.74) is 6.53. The fourth-order valence-corrected chi connectivity index (χ4v) is 2.24. The van der Waals surface area contributed by atoms with Gasteiger partial charge in [-0.3, -0.25) is 4.79 Å². The lowest BCUT2D eigenvalue weighted by Crippen LogP contribution is -2.28. The van der Waals surface area contributed by atoms with Crippen molar-refractivity contribution >= 4 is 17.2 Å². The Hall–Kier alpha value is -0.980. The van der Waals surface area contributed by atoms with Crippen LogP contribution in [0.4, 0.5) is 0 Å². The number of nitrogens with zero attached hydrogens (tertiary/aromatic N) is 2. The number of nitrogens with two attached hydrogens (primary N) is 1. The van der Waals surface area contributed by atoms with Crippen molar-refractivity contribution in [2.75, 3.05) is 27.2 Å². The van der Waals surface area contributed by atoms with E-state index in [9.17, 15) is 4.79 Å². The monoisotopic (exact) mass is 270 g/mol. The normalized spacial score (nSPS) is 12.7. The molecule has 0 fully saturated rings. The summed E-state index contributed by atoms with van der Waals surface area (Å²) in [4.78, 5) is 18.1. The number of rotatable bonds is 7. The van der Waals surface area contributed by atoms with Crippen molar-refractivity contribution in [1.82, 2.24) is 15.2 Å². The molecule has 5 nitrogen and oxygen atoms in total. The summed E-state index contributed by atoms with van der Waals surface area (Å²) in [6.07, 6.45) is 1.30. The number of hydrogen-bond donors (Lipinski definition) is 2. The van der Waals surface area contributed by atoms with Gasteiger partial charge < -0.3 is 16.0 Å². The molecule has 0 aliphatic heterocycles. The third kappa shape index (κ3) is 5.57. The van der Waals surface area contributed by atoms with Gasteiger partial charge in [-0.05, 0) is 34.0 Å². The number of amides is 1. The van der Waals surface area contributed by atoms with Crippen LogP contribution >= 0.6 is 11.3 Å². The third-order valence-electron chi connectivity index (χ3n) is 2.40. The molecule has 0 spiro atoms. The van der Waals surface area contributed by atoms with Crippen LogP contribution in [0, 0.1) is 0 Å².